The van der Waals surface area contributed by atoms with Gasteiger partial charge in [0.05, 0.1) is 17.2 Å². The number of carbonyl (C=O) groups is 2. The van der Waals surface area contributed by atoms with E-state index in [1.54, 1.807) is 6.92 Å². The van der Waals surface area contributed by atoms with Crippen molar-refractivity contribution in [3.63, 3.8) is 0 Å². The largest absolute Gasteiger partial charge is 0.481 e. The number of aliphatic carboxylic acids is 1. The average molecular weight is 287 g/mol. The third kappa shape index (κ3) is 2.53. The van der Waals surface area contributed by atoms with Crippen LogP contribution >= 0.6 is 11.6 Å². The molecular formula is C12H12ClFN2O3. The second-order valence-corrected chi connectivity index (χ2v) is 5.19. The van der Waals surface area contributed by atoms with Gasteiger partial charge in [-0.3, -0.25) is 9.59 Å². The van der Waals surface area contributed by atoms with Crippen LogP contribution < -0.4 is 0 Å². The number of hydrogen-bond acceptors (Lipinski definition) is 3. The fourth-order valence-electron chi connectivity index (χ4n) is 2.05. The minimum absolute atomic E-state index is 0.0451. The summed E-state index contributed by atoms with van der Waals surface area (Å²) >= 11 is 5.76. The highest BCUT2D eigenvalue weighted by molar-refractivity contribution is 6.32. The summed E-state index contributed by atoms with van der Waals surface area (Å²) < 4.78 is 13.1. The van der Waals surface area contributed by atoms with E-state index in [4.69, 9.17) is 16.7 Å². The van der Waals surface area contributed by atoms with E-state index >= 15 is 0 Å². The zero-order valence-electron chi connectivity index (χ0n) is 10.2. The van der Waals surface area contributed by atoms with Gasteiger partial charge in [-0.25, -0.2) is 9.37 Å². The Morgan fingerprint density at radius 1 is 1.58 bits per heavy atom. The standard InChI is InChI=1S/C12H12ClFN2O3/c1-12(11(18)19)2-3-16(6-12)10(17)8-4-7(14)5-15-9(8)13/h4-5H,2-3,6H2,1H3,(H,18,19). The highest BCUT2D eigenvalue weighted by Crippen LogP contribution is 2.31. The number of hydrogen-bond donors (Lipinski definition) is 1. The number of rotatable bonds is 2. The monoisotopic (exact) mass is 286 g/mol. The average Bonchev–Trinajstić information content (AvgIpc) is 2.76. The second-order valence-electron chi connectivity index (χ2n) is 4.83. The summed E-state index contributed by atoms with van der Waals surface area (Å²) in [6.45, 7) is 1.95. The van der Waals surface area contributed by atoms with E-state index in [0.29, 0.717) is 13.0 Å². The Kier molecular flexibility index (Phi) is 3.45. The SMILES string of the molecule is CC1(C(=O)O)CCN(C(=O)c2cc(F)cnc2Cl)C1. The van der Waals surface area contributed by atoms with Gasteiger partial charge in [-0.15, -0.1) is 0 Å². The molecule has 0 bridgehead atoms. The molecule has 0 aromatic carbocycles. The van der Waals surface area contributed by atoms with E-state index in [9.17, 15) is 14.0 Å². The van der Waals surface area contributed by atoms with E-state index in [2.05, 4.69) is 4.98 Å². The third-order valence-corrected chi connectivity index (χ3v) is 3.61. The summed E-state index contributed by atoms with van der Waals surface area (Å²) in [5.74, 6) is -2.11. The number of pyridine rings is 1. The maximum Gasteiger partial charge on any atom is 0.311 e. The van der Waals surface area contributed by atoms with Crippen LogP contribution in [0.2, 0.25) is 5.15 Å². The van der Waals surface area contributed by atoms with E-state index in [1.165, 1.54) is 4.90 Å². The molecule has 1 aliphatic heterocycles. The molecule has 1 N–H and O–H groups in total. The molecule has 1 atom stereocenters. The van der Waals surface area contributed by atoms with Gasteiger partial charge < -0.3 is 10.0 Å². The van der Waals surface area contributed by atoms with Gasteiger partial charge in [0.15, 0.2) is 0 Å². The number of carbonyl (C=O) groups excluding carboxylic acids is 1. The third-order valence-electron chi connectivity index (χ3n) is 3.31. The van der Waals surface area contributed by atoms with Crippen LogP contribution in [-0.4, -0.2) is 40.0 Å². The summed E-state index contributed by atoms with van der Waals surface area (Å²) in [6, 6.07) is 1.01. The Labute approximate surface area is 114 Å². The fraction of sp³-hybridized carbons (Fsp3) is 0.417. The minimum Gasteiger partial charge on any atom is -0.481 e. The predicted molar refractivity (Wildman–Crippen MR) is 65.5 cm³/mol. The zero-order valence-corrected chi connectivity index (χ0v) is 10.9. The number of carboxylic acid groups (broad SMARTS) is 1. The molecule has 1 aromatic rings. The maximum absolute atomic E-state index is 13.1. The Balaban J connectivity index is 2.22. The molecule has 1 fully saturated rings. The van der Waals surface area contributed by atoms with Crippen LogP contribution in [0.4, 0.5) is 4.39 Å². The number of amides is 1. The van der Waals surface area contributed by atoms with Crippen molar-refractivity contribution in [3.8, 4) is 0 Å². The van der Waals surface area contributed by atoms with Gasteiger partial charge in [0, 0.05) is 13.1 Å². The summed E-state index contributed by atoms with van der Waals surface area (Å²) in [5.41, 5.74) is -1.01. The van der Waals surface area contributed by atoms with Crippen molar-refractivity contribution in [1.29, 1.82) is 0 Å². The normalized spacial score (nSPS) is 22.6. The first-order chi connectivity index (χ1) is 8.83. The Bertz CT molecular complexity index is 552. The van der Waals surface area contributed by atoms with E-state index in [-0.39, 0.29) is 17.3 Å². The number of halogens is 2. The molecule has 0 aliphatic carbocycles. The highest BCUT2D eigenvalue weighted by atomic mass is 35.5. The van der Waals surface area contributed by atoms with Crippen LogP contribution in [0.5, 0.6) is 0 Å². The first kappa shape index (κ1) is 13.7. The Morgan fingerprint density at radius 2 is 2.26 bits per heavy atom. The lowest BCUT2D eigenvalue weighted by molar-refractivity contribution is -0.147. The molecule has 0 saturated carbocycles. The van der Waals surface area contributed by atoms with E-state index < -0.39 is 23.1 Å². The molecule has 2 rings (SSSR count). The summed E-state index contributed by atoms with van der Waals surface area (Å²) in [4.78, 5) is 28.2. The molecule has 5 nitrogen and oxygen atoms in total. The van der Waals surface area contributed by atoms with Crippen LogP contribution in [0.1, 0.15) is 23.7 Å². The summed E-state index contributed by atoms with van der Waals surface area (Å²) in [7, 11) is 0. The van der Waals surface area contributed by atoms with E-state index in [0.717, 1.165) is 12.3 Å². The number of nitrogens with zero attached hydrogens (tertiary/aromatic N) is 2. The van der Waals surface area contributed by atoms with Crippen molar-refractivity contribution in [2.75, 3.05) is 13.1 Å². The zero-order chi connectivity index (χ0) is 14.2. The molecule has 0 radical (unpaired) electrons. The van der Waals surface area contributed by atoms with E-state index in [1.807, 2.05) is 0 Å². The molecule has 1 aliphatic rings. The fourth-order valence-corrected chi connectivity index (χ4v) is 2.24. The number of carboxylic acids is 1. The molecule has 2 heterocycles. The molecule has 1 amide bonds. The van der Waals surface area contributed by atoms with Crippen LogP contribution in [0.25, 0.3) is 0 Å². The highest BCUT2D eigenvalue weighted by Gasteiger charge is 2.42. The van der Waals surface area contributed by atoms with Gasteiger partial charge in [-0.05, 0) is 19.4 Å². The lowest BCUT2D eigenvalue weighted by Gasteiger charge is -2.20. The number of aromatic nitrogens is 1. The van der Waals surface area contributed by atoms with Crippen LogP contribution in [-0.2, 0) is 4.79 Å². The maximum atomic E-state index is 13.1. The van der Waals surface area contributed by atoms with Crippen molar-refractivity contribution >= 4 is 23.5 Å². The Morgan fingerprint density at radius 3 is 2.84 bits per heavy atom. The lowest BCUT2D eigenvalue weighted by atomic mass is 9.90. The minimum atomic E-state index is -0.969. The van der Waals surface area contributed by atoms with Gasteiger partial charge >= 0.3 is 5.97 Å². The van der Waals surface area contributed by atoms with Crippen molar-refractivity contribution in [1.82, 2.24) is 9.88 Å². The summed E-state index contributed by atoms with van der Waals surface area (Å²) in [6.07, 6.45) is 1.28. The van der Waals surface area contributed by atoms with Gasteiger partial charge in [-0.1, -0.05) is 11.6 Å². The molecular weight excluding hydrogens is 275 g/mol. The molecule has 7 heteroatoms. The molecule has 1 unspecified atom stereocenters. The van der Waals surface area contributed by atoms with Crippen molar-refractivity contribution in [3.05, 3.63) is 28.8 Å². The molecule has 1 saturated heterocycles. The van der Waals surface area contributed by atoms with Crippen molar-refractivity contribution in [2.24, 2.45) is 5.41 Å². The molecule has 102 valence electrons. The van der Waals surface area contributed by atoms with Crippen LogP contribution in [0.3, 0.4) is 0 Å². The molecule has 19 heavy (non-hydrogen) atoms. The first-order valence-corrected chi connectivity index (χ1v) is 6.05. The molecule has 1 aromatic heterocycles. The van der Waals surface area contributed by atoms with Gasteiger partial charge in [0.1, 0.15) is 11.0 Å². The Hall–Kier alpha value is -1.69. The van der Waals surface area contributed by atoms with Crippen molar-refractivity contribution < 1.29 is 19.1 Å². The predicted octanol–water partition coefficient (Wildman–Crippen LogP) is 1.81. The van der Waals surface area contributed by atoms with Crippen molar-refractivity contribution in [2.45, 2.75) is 13.3 Å². The van der Waals surface area contributed by atoms with Gasteiger partial charge in [-0.2, -0.15) is 0 Å². The molecule has 0 spiro atoms. The summed E-state index contributed by atoms with van der Waals surface area (Å²) in [5, 5.41) is 9.02. The topological polar surface area (TPSA) is 70.5 Å². The quantitative estimate of drug-likeness (QED) is 0.842. The van der Waals surface area contributed by atoms with Gasteiger partial charge in [0.2, 0.25) is 0 Å². The van der Waals surface area contributed by atoms with Gasteiger partial charge in [0.25, 0.3) is 5.91 Å². The number of likely N-dealkylation sites (tertiary alicyclic amines) is 1. The smallest absolute Gasteiger partial charge is 0.311 e. The van der Waals surface area contributed by atoms with Crippen LogP contribution in [0.15, 0.2) is 12.3 Å². The lowest BCUT2D eigenvalue weighted by Crippen LogP contribution is -2.35. The first-order valence-electron chi connectivity index (χ1n) is 5.67. The van der Waals surface area contributed by atoms with Crippen LogP contribution in [0, 0.1) is 11.2 Å². The second kappa shape index (κ2) is 4.77.